The van der Waals surface area contributed by atoms with Gasteiger partial charge in [-0.1, -0.05) is 23.7 Å². The number of hydrogen-bond donors (Lipinski definition) is 0. The van der Waals surface area contributed by atoms with Gasteiger partial charge in [-0.25, -0.2) is 9.37 Å². The molecule has 0 atom stereocenters. The molecular formula is C27H20ClFN4O4. The third kappa shape index (κ3) is 5.23. The van der Waals surface area contributed by atoms with Crippen LogP contribution in [0.5, 0.6) is 17.2 Å². The minimum Gasteiger partial charge on any atom is -0.467 e. The zero-order valence-electron chi connectivity index (χ0n) is 19.5. The van der Waals surface area contributed by atoms with Crippen LogP contribution in [0.4, 0.5) is 4.39 Å². The summed E-state index contributed by atoms with van der Waals surface area (Å²) in [4.78, 5) is 17.5. The van der Waals surface area contributed by atoms with Crippen LogP contribution in [0.2, 0.25) is 5.02 Å². The van der Waals surface area contributed by atoms with E-state index in [0.717, 1.165) is 5.56 Å². The lowest BCUT2D eigenvalue weighted by Gasteiger charge is -2.14. The number of rotatable bonds is 8. The van der Waals surface area contributed by atoms with Gasteiger partial charge in [0.2, 0.25) is 5.75 Å². The molecule has 2 aromatic heterocycles. The molecule has 0 unspecified atom stereocenters. The number of methoxy groups -OCH3 is 1. The Balaban J connectivity index is 1.51. The molecule has 0 aliphatic heterocycles. The molecule has 0 spiro atoms. The fraction of sp³-hybridized carbons (Fsp3) is 0.0741. The van der Waals surface area contributed by atoms with Crippen molar-refractivity contribution in [2.24, 2.45) is 0 Å². The largest absolute Gasteiger partial charge is 0.467 e. The van der Waals surface area contributed by atoms with Crippen molar-refractivity contribution >= 4 is 11.6 Å². The molecule has 0 saturated heterocycles. The standard InChI is InChI=1S/C27H20ClFN4O4/c1-35-17-36-25-14-20(29)6-11-23(25)18-2-9-22(10-3-18)37-26-24(32-13-12-30-16-32)15-31-33(27(26)34)21-7-4-19(28)5-8-21/h2-16H,17H2,1H3. The molecule has 37 heavy (non-hydrogen) atoms. The normalized spacial score (nSPS) is 10.9. The van der Waals surface area contributed by atoms with E-state index in [2.05, 4.69) is 10.1 Å². The Morgan fingerprint density at radius 2 is 1.81 bits per heavy atom. The van der Waals surface area contributed by atoms with Gasteiger partial charge in [0.15, 0.2) is 6.79 Å². The highest BCUT2D eigenvalue weighted by Crippen LogP contribution is 2.33. The predicted octanol–water partition coefficient (Wildman–Crippen LogP) is 5.65. The van der Waals surface area contributed by atoms with Gasteiger partial charge in [-0.05, 0) is 54.1 Å². The Labute approximate surface area is 216 Å². The van der Waals surface area contributed by atoms with Crippen LogP contribution in [0.25, 0.3) is 22.5 Å². The molecule has 3 aromatic carbocycles. The number of hydrogen-bond acceptors (Lipinski definition) is 6. The lowest BCUT2D eigenvalue weighted by atomic mass is 10.0. The Bertz CT molecular complexity index is 1570. The summed E-state index contributed by atoms with van der Waals surface area (Å²) in [5, 5.41) is 4.85. The molecule has 5 rings (SSSR count). The summed E-state index contributed by atoms with van der Waals surface area (Å²) in [6.45, 7) is -0.0172. The van der Waals surface area contributed by atoms with Crippen LogP contribution in [0, 0.1) is 5.82 Å². The smallest absolute Gasteiger partial charge is 0.316 e. The highest BCUT2D eigenvalue weighted by atomic mass is 35.5. The maximum absolute atomic E-state index is 13.8. The predicted molar refractivity (Wildman–Crippen MR) is 136 cm³/mol. The highest BCUT2D eigenvalue weighted by molar-refractivity contribution is 6.30. The van der Waals surface area contributed by atoms with E-state index < -0.39 is 11.4 Å². The van der Waals surface area contributed by atoms with Crippen LogP contribution in [0.3, 0.4) is 0 Å². The zero-order chi connectivity index (χ0) is 25.8. The number of ether oxygens (including phenoxy) is 3. The summed E-state index contributed by atoms with van der Waals surface area (Å²) in [6, 6.07) is 18.0. The Morgan fingerprint density at radius 1 is 1.03 bits per heavy atom. The van der Waals surface area contributed by atoms with E-state index in [1.807, 2.05) is 0 Å². The number of halogens is 2. The van der Waals surface area contributed by atoms with Gasteiger partial charge in [0.25, 0.3) is 0 Å². The third-order valence-electron chi connectivity index (χ3n) is 5.43. The van der Waals surface area contributed by atoms with Gasteiger partial charge in [-0.2, -0.15) is 9.78 Å². The van der Waals surface area contributed by atoms with Gasteiger partial charge in [-0.3, -0.25) is 4.79 Å². The number of aromatic nitrogens is 4. The molecular weight excluding hydrogens is 499 g/mol. The van der Waals surface area contributed by atoms with Crippen LogP contribution in [-0.2, 0) is 4.74 Å². The Kier molecular flexibility index (Phi) is 6.98. The Hall–Kier alpha value is -4.47. The van der Waals surface area contributed by atoms with Crippen LogP contribution >= 0.6 is 11.6 Å². The summed E-state index contributed by atoms with van der Waals surface area (Å²) < 4.78 is 33.2. The number of benzene rings is 3. The lowest BCUT2D eigenvalue weighted by molar-refractivity contribution is 0.0513. The summed E-state index contributed by atoms with van der Waals surface area (Å²) >= 11 is 5.99. The maximum atomic E-state index is 13.8. The summed E-state index contributed by atoms with van der Waals surface area (Å²) in [5.41, 5.74) is 1.93. The van der Waals surface area contributed by atoms with Gasteiger partial charge in [-0.15, -0.1) is 0 Å². The van der Waals surface area contributed by atoms with E-state index in [-0.39, 0.29) is 12.5 Å². The minimum absolute atomic E-state index is 0.0172. The first-order valence-electron chi connectivity index (χ1n) is 11.1. The molecule has 0 N–H and O–H groups in total. The van der Waals surface area contributed by atoms with Crippen molar-refractivity contribution in [3.63, 3.8) is 0 Å². The molecule has 0 radical (unpaired) electrons. The molecule has 8 nitrogen and oxygen atoms in total. The molecule has 0 aliphatic carbocycles. The van der Waals surface area contributed by atoms with E-state index in [0.29, 0.717) is 33.5 Å². The Morgan fingerprint density at radius 3 is 2.51 bits per heavy atom. The quantitative estimate of drug-likeness (QED) is 0.247. The fourth-order valence-corrected chi connectivity index (χ4v) is 3.80. The molecule has 0 saturated carbocycles. The molecule has 5 aromatic rings. The second kappa shape index (κ2) is 10.7. The number of imidazole rings is 1. The van der Waals surface area contributed by atoms with Crippen molar-refractivity contribution in [3.05, 3.63) is 113 Å². The average molecular weight is 519 g/mol. The zero-order valence-corrected chi connectivity index (χ0v) is 20.3. The summed E-state index contributed by atoms with van der Waals surface area (Å²) in [5.74, 6) is 0.397. The molecule has 0 fully saturated rings. The van der Waals surface area contributed by atoms with Gasteiger partial charge >= 0.3 is 5.56 Å². The van der Waals surface area contributed by atoms with Gasteiger partial charge in [0.05, 0.1) is 18.2 Å². The second-order valence-electron chi connectivity index (χ2n) is 7.84. The molecule has 0 amide bonds. The molecule has 2 heterocycles. The first-order chi connectivity index (χ1) is 18.0. The third-order valence-corrected chi connectivity index (χ3v) is 5.68. The average Bonchev–Trinajstić information content (AvgIpc) is 3.45. The van der Waals surface area contributed by atoms with E-state index in [4.69, 9.17) is 25.8 Å². The van der Waals surface area contributed by atoms with Crippen LogP contribution in [0.1, 0.15) is 0 Å². The van der Waals surface area contributed by atoms with Crippen molar-refractivity contribution in [1.29, 1.82) is 0 Å². The first-order valence-corrected chi connectivity index (χ1v) is 11.5. The maximum Gasteiger partial charge on any atom is 0.316 e. The topological polar surface area (TPSA) is 80.4 Å². The van der Waals surface area contributed by atoms with Crippen LogP contribution < -0.4 is 15.0 Å². The van der Waals surface area contributed by atoms with Crippen molar-refractivity contribution in [2.45, 2.75) is 0 Å². The van der Waals surface area contributed by atoms with Gasteiger partial charge in [0.1, 0.15) is 23.0 Å². The number of nitrogens with zero attached hydrogens (tertiary/aromatic N) is 4. The molecule has 0 bridgehead atoms. The van der Waals surface area contributed by atoms with Crippen molar-refractivity contribution < 1.29 is 18.6 Å². The van der Waals surface area contributed by atoms with Crippen molar-refractivity contribution in [3.8, 4) is 39.8 Å². The van der Waals surface area contributed by atoms with E-state index in [9.17, 15) is 9.18 Å². The van der Waals surface area contributed by atoms with Crippen molar-refractivity contribution in [2.75, 3.05) is 13.9 Å². The fourth-order valence-electron chi connectivity index (χ4n) is 3.67. The van der Waals surface area contributed by atoms with Crippen LogP contribution in [-0.4, -0.2) is 33.2 Å². The SMILES string of the molecule is COCOc1cc(F)ccc1-c1ccc(Oc2c(-n3ccnc3)cnn(-c3ccc(Cl)cc3)c2=O)cc1. The second-order valence-corrected chi connectivity index (χ2v) is 8.28. The lowest BCUT2D eigenvalue weighted by Crippen LogP contribution is -2.23. The summed E-state index contributed by atoms with van der Waals surface area (Å²) in [7, 11) is 1.49. The van der Waals surface area contributed by atoms with E-state index in [1.165, 1.54) is 30.1 Å². The van der Waals surface area contributed by atoms with Crippen LogP contribution in [0.15, 0.2) is 96.4 Å². The molecule has 10 heteroatoms. The van der Waals surface area contributed by atoms with E-state index in [1.54, 1.807) is 77.9 Å². The van der Waals surface area contributed by atoms with Gasteiger partial charge < -0.3 is 18.8 Å². The summed E-state index contributed by atoms with van der Waals surface area (Å²) in [6.07, 6.45) is 6.36. The van der Waals surface area contributed by atoms with Gasteiger partial charge in [0, 0.05) is 36.2 Å². The highest BCUT2D eigenvalue weighted by Gasteiger charge is 2.17. The monoisotopic (exact) mass is 518 g/mol. The minimum atomic E-state index is -0.466. The van der Waals surface area contributed by atoms with E-state index >= 15 is 0 Å². The molecule has 0 aliphatic rings. The van der Waals surface area contributed by atoms with Crippen molar-refractivity contribution in [1.82, 2.24) is 19.3 Å². The first kappa shape index (κ1) is 24.2. The molecule has 186 valence electrons.